The predicted octanol–water partition coefficient (Wildman–Crippen LogP) is 3.74. The van der Waals surface area contributed by atoms with E-state index in [1.54, 1.807) is 29.2 Å². The molecule has 2 aromatic rings. The molecule has 0 saturated carbocycles. The van der Waals surface area contributed by atoms with Crippen molar-refractivity contribution in [2.24, 2.45) is 0 Å². The molecule has 1 heterocycles. The van der Waals surface area contributed by atoms with Crippen molar-refractivity contribution in [3.63, 3.8) is 0 Å². The highest BCUT2D eigenvalue weighted by atomic mass is 19.1. The number of anilines is 1. The van der Waals surface area contributed by atoms with E-state index >= 15 is 0 Å². The van der Waals surface area contributed by atoms with Gasteiger partial charge in [0, 0.05) is 13.1 Å². The number of amides is 2. The van der Waals surface area contributed by atoms with Crippen LogP contribution in [-0.2, 0) is 0 Å². The van der Waals surface area contributed by atoms with Crippen LogP contribution in [0, 0.1) is 5.82 Å². The number of carbonyl (C=O) groups is 2. The second-order valence-electron chi connectivity index (χ2n) is 5.63. The van der Waals surface area contributed by atoms with Crippen molar-refractivity contribution in [1.82, 2.24) is 9.88 Å². The molecule has 132 valence electrons. The first kappa shape index (κ1) is 18.6. The van der Waals surface area contributed by atoms with Gasteiger partial charge in [0.15, 0.2) is 0 Å². The van der Waals surface area contributed by atoms with Gasteiger partial charge in [-0.05, 0) is 37.1 Å². The van der Waals surface area contributed by atoms with Gasteiger partial charge in [-0.3, -0.25) is 9.59 Å². The lowest BCUT2D eigenvalue weighted by Crippen LogP contribution is -2.33. The maximum atomic E-state index is 13.7. The van der Waals surface area contributed by atoms with E-state index in [1.165, 1.54) is 18.2 Å². The van der Waals surface area contributed by atoms with Crippen LogP contribution in [0.1, 0.15) is 47.7 Å². The highest BCUT2D eigenvalue weighted by Gasteiger charge is 2.18. The molecule has 0 radical (unpaired) electrons. The number of carbonyl (C=O) groups excluding carboxylic acids is 2. The van der Waals surface area contributed by atoms with Gasteiger partial charge in [0.25, 0.3) is 11.8 Å². The van der Waals surface area contributed by atoms with Crippen LogP contribution < -0.4 is 5.32 Å². The molecule has 2 amide bonds. The van der Waals surface area contributed by atoms with Crippen LogP contribution in [0.5, 0.6) is 0 Å². The third-order valence-corrected chi connectivity index (χ3v) is 3.60. The van der Waals surface area contributed by atoms with Crippen LogP contribution in [0.4, 0.5) is 10.1 Å². The van der Waals surface area contributed by atoms with Crippen molar-refractivity contribution >= 4 is 17.5 Å². The maximum Gasteiger partial charge on any atom is 0.274 e. The van der Waals surface area contributed by atoms with Crippen molar-refractivity contribution in [3.8, 4) is 0 Å². The van der Waals surface area contributed by atoms with Crippen molar-refractivity contribution < 1.29 is 14.0 Å². The Morgan fingerprint density at radius 2 is 1.64 bits per heavy atom. The number of pyridine rings is 1. The highest BCUT2D eigenvalue weighted by Crippen LogP contribution is 2.14. The third-order valence-electron chi connectivity index (χ3n) is 3.60. The number of aromatic nitrogens is 1. The summed E-state index contributed by atoms with van der Waals surface area (Å²) in [6.45, 7) is 5.28. The number of rotatable bonds is 7. The number of para-hydroxylation sites is 1. The summed E-state index contributed by atoms with van der Waals surface area (Å²) in [5, 5.41) is 2.47. The Balaban J connectivity index is 2.18. The first-order valence-corrected chi connectivity index (χ1v) is 8.39. The van der Waals surface area contributed by atoms with E-state index in [2.05, 4.69) is 10.3 Å². The minimum absolute atomic E-state index is 0.0713. The molecule has 1 aromatic carbocycles. The molecule has 6 heteroatoms. The fraction of sp³-hybridized carbons (Fsp3) is 0.316. The SMILES string of the molecule is CCCN(CCC)C(=O)c1cccc(C(=O)Nc2ccccc2F)n1. The molecule has 25 heavy (non-hydrogen) atoms. The summed E-state index contributed by atoms with van der Waals surface area (Å²) in [6, 6.07) is 10.6. The van der Waals surface area contributed by atoms with Crippen molar-refractivity contribution in [2.75, 3.05) is 18.4 Å². The van der Waals surface area contributed by atoms with E-state index in [0.29, 0.717) is 13.1 Å². The summed E-state index contributed by atoms with van der Waals surface area (Å²) in [5.74, 6) is -1.29. The topological polar surface area (TPSA) is 62.3 Å². The van der Waals surface area contributed by atoms with E-state index in [4.69, 9.17) is 0 Å². The van der Waals surface area contributed by atoms with Gasteiger partial charge in [-0.15, -0.1) is 0 Å². The summed E-state index contributed by atoms with van der Waals surface area (Å²) in [5.41, 5.74) is 0.356. The van der Waals surface area contributed by atoms with Gasteiger partial charge in [-0.1, -0.05) is 32.0 Å². The molecular weight excluding hydrogens is 321 g/mol. The molecule has 1 N–H and O–H groups in total. The lowest BCUT2D eigenvalue weighted by Gasteiger charge is -2.21. The minimum atomic E-state index is -0.558. The third kappa shape index (κ3) is 4.86. The Bertz CT molecular complexity index is 743. The molecule has 0 fully saturated rings. The van der Waals surface area contributed by atoms with E-state index in [1.807, 2.05) is 13.8 Å². The predicted molar refractivity (Wildman–Crippen MR) is 95.1 cm³/mol. The van der Waals surface area contributed by atoms with Crippen LogP contribution in [0.25, 0.3) is 0 Å². The molecule has 0 bridgehead atoms. The Hall–Kier alpha value is -2.76. The van der Waals surface area contributed by atoms with Crippen LogP contribution in [-0.4, -0.2) is 34.8 Å². The Labute approximate surface area is 146 Å². The smallest absolute Gasteiger partial charge is 0.274 e. The van der Waals surface area contributed by atoms with E-state index in [-0.39, 0.29) is 23.0 Å². The van der Waals surface area contributed by atoms with Crippen LogP contribution in [0.15, 0.2) is 42.5 Å². The molecular formula is C19H22FN3O2. The zero-order chi connectivity index (χ0) is 18.2. The fourth-order valence-corrected chi connectivity index (χ4v) is 2.45. The molecule has 0 spiro atoms. The molecule has 5 nitrogen and oxygen atoms in total. The first-order chi connectivity index (χ1) is 12.1. The number of nitrogens with one attached hydrogen (secondary N) is 1. The van der Waals surface area contributed by atoms with Gasteiger partial charge in [0.1, 0.15) is 17.2 Å². The summed E-state index contributed by atoms with van der Waals surface area (Å²) in [4.78, 5) is 30.8. The maximum absolute atomic E-state index is 13.7. The normalized spacial score (nSPS) is 10.4. The van der Waals surface area contributed by atoms with Gasteiger partial charge in [0.2, 0.25) is 0 Å². The molecule has 0 aliphatic carbocycles. The number of nitrogens with zero attached hydrogens (tertiary/aromatic N) is 2. The van der Waals surface area contributed by atoms with Crippen LogP contribution >= 0.6 is 0 Å². The van der Waals surface area contributed by atoms with Gasteiger partial charge in [-0.25, -0.2) is 9.37 Å². The van der Waals surface area contributed by atoms with Gasteiger partial charge >= 0.3 is 0 Å². The lowest BCUT2D eigenvalue weighted by atomic mass is 10.2. The molecule has 2 rings (SSSR count). The molecule has 0 aliphatic heterocycles. The number of halogens is 1. The first-order valence-electron chi connectivity index (χ1n) is 8.39. The zero-order valence-corrected chi connectivity index (χ0v) is 14.5. The van der Waals surface area contributed by atoms with Crippen LogP contribution in [0.2, 0.25) is 0 Å². The van der Waals surface area contributed by atoms with Crippen molar-refractivity contribution in [3.05, 3.63) is 59.7 Å². The molecule has 0 aliphatic rings. The Morgan fingerprint density at radius 1 is 1.00 bits per heavy atom. The molecule has 0 atom stereocenters. The standard InChI is InChI=1S/C19H22FN3O2/c1-3-12-23(13-4-2)19(25)17-11-7-10-16(21-17)18(24)22-15-9-6-5-8-14(15)20/h5-11H,3-4,12-13H2,1-2H3,(H,22,24). The lowest BCUT2D eigenvalue weighted by molar-refractivity contribution is 0.0749. The van der Waals surface area contributed by atoms with Gasteiger partial charge < -0.3 is 10.2 Å². The van der Waals surface area contributed by atoms with Crippen LogP contribution in [0.3, 0.4) is 0 Å². The second-order valence-corrected chi connectivity index (χ2v) is 5.63. The fourth-order valence-electron chi connectivity index (χ4n) is 2.45. The highest BCUT2D eigenvalue weighted by molar-refractivity contribution is 6.03. The quantitative estimate of drug-likeness (QED) is 0.833. The molecule has 1 aromatic heterocycles. The average Bonchev–Trinajstić information content (AvgIpc) is 2.63. The monoisotopic (exact) mass is 343 g/mol. The zero-order valence-electron chi connectivity index (χ0n) is 14.5. The van der Waals surface area contributed by atoms with E-state index in [0.717, 1.165) is 12.8 Å². The van der Waals surface area contributed by atoms with Gasteiger partial charge in [0.05, 0.1) is 5.69 Å². The Kier molecular flexibility index (Phi) is 6.62. The summed E-state index contributed by atoms with van der Waals surface area (Å²) < 4.78 is 13.7. The largest absolute Gasteiger partial charge is 0.337 e. The summed E-state index contributed by atoms with van der Waals surface area (Å²) in [7, 11) is 0. The van der Waals surface area contributed by atoms with Gasteiger partial charge in [-0.2, -0.15) is 0 Å². The number of benzene rings is 1. The number of hydrogen-bond acceptors (Lipinski definition) is 3. The second kappa shape index (κ2) is 8.92. The van der Waals surface area contributed by atoms with E-state index < -0.39 is 11.7 Å². The van der Waals surface area contributed by atoms with Crippen molar-refractivity contribution in [2.45, 2.75) is 26.7 Å². The molecule has 0 unspecified atom stereocenters. The number of hydrogen-bond donors (Lipinski definition) is 1. The minimum Gasteiger partial charge on any atom is -0.337 e. The Morgan fingerprint density at radius 3 is 2.28 bits per heavy atom. The van der Waals surface area contributed by atoms with E-state index in [9.17, 15) is 14.0 Å². The summed E-state index contributed by atoms with van der Waals surface area (Å²) in [6.07, 6.45) is 1.69. The average molecular weight is 343 g/mol. The molecule has 0 saturated heterocycles. The summed E-state index contributed by atoms with van der Waals surface area (Å²) >= 11 is 0. The van der Waals surface area contributed by atoms with Crippen molar-refractivity contribution in [1.29, 1.82) is 0 Å².